The Morgan fingerprint density at radius 2 is 1.47 bits per heavy atom. The maximum Gasteiger partial charge on any atom is 0.175 e. The average molecular weight is 474 g/mol. The first-order valence-electron chi connectivity index (χ1n) is 11.8. The van der Waals surface area contributed by atoms with E-state index in [2.05, 4.69) is 59.8 Å². The van der Waals surface area contributed by atoms with Crippen molar-refractivity contribution in [3.63, 3.8) is 0 Å². The van der Waals surface area contributed by atoms with Crippen molar-refractivity contribution < 1.29 is 8.42 Å². The van der Waals surface area contributed by atoms with Crippen LogP contribution < -0.4 is 0 Å². The zero-order valence-corrected chi connectivity index (χ0v) is 21.1. The fraction of sp³-hybridized carbons (Fsp3) is 0.321. The van der Waals surface area contributed by atoms with Gasteiger partial charge in [-0.1, -0.05) is 24.3 Å². The van der Waals surface area contributed by atoms with E-state index in [9.17, 15) is 8.42 Å². The van der Waals surface area contributed by atoms with E-state index in [0.717, 1.165) is 28.0 Å². The van der Waals surface area contributed by atoms with E-state index < -0.39 is 9.84 Å². The van der Waals surface area contributed by atoms with Gasteiger partial charge in [-0.2, -0.15) is 0 Å². The lowest BCUT2D eigenvalue weighted by Gasteiger charge is -2.29. The molecule has 0 aliphatic carbocycles. The van der Waals surface area contributed by atoms with Crippen LogP contribution in [0.1, 0.15) is 29.9 Å². The summed E-state index contributed by atoms with van der Waals surface area (Å²) < 4.78 is 25.7. The van der Waals surface area contributed by atoms with Crippen LogP contribution in [0.2, 0.25) is 0 Å². The second kappa shape index (κ2) is 8.67. The molecule has 1 fully saturated rings. The van der Waals surface area contributed by atoms with E-state index in [4.69, 9.17) is 4.98 Å². The molecule has 1 aliphatic rings. The Kier molecular flexibility index (Phi) is 5.82. The summed E-state index contributed by atoms with van der Waals surface area (Å²) in [4.78, 5) is 7.62. The fourth-order valence-corrected chi connectivity index (χ4v) is 5.65. The Labute approximate surface area is 202 Å². The molecule has 0 amide bonds. The van der Waals surface area contributed by atoms with Crippen molar-refractivity contribution in [2.24, 2.45) is 7.05 Å². The van der Waals surface area contributed by atoms with E-state index in [1.807, 2.05) is 19.2 Å². The average Bonchev–Trinajstić information content (AvgIpc) is 3.16. The molecular weight excluding hydrogens is 442 g/mol. The van der Waals surface area contributed by atoms with Crippen LogP contribution in [0.25, 0.3) is 33.5 Å². The van der Waals surface area contributed by atoms with Gasteiger partial charge in [-0.25, -0.2) is 13.4 Å². The number of aryl methyl sites for hydroxylation is 2. The summed E-state index contributed by atoms with van der Waals surface area (Å²) in [6.45, 7) is 4.44. The number of hydrogen-bond donors (Lipinski definition) is 0. The van der Waals surface area contributed by atoms with Gasteiger partial charge in [0.2, 0.25) is 0 Å². The summed E-state index contributed by atoms with van der Waals surface area (Å²) in [5.74, 6) is 1.48. The molecule has 3 aromatic carbocycles. The predicted molar refractivity (Wildman–Crippen MR) is 139 cm³/mol. The molecule has 1 aliphatic heterocycles. The van der Waals surface area contributed by atoms with Gasteiger partial charge < -0.3 is 9.47 Å². The van der Waals surface area contributed by atoms with Gasteiger partial charge in [-0.05, 0) is 104 Å². The van der Waals surface area contributed by atoms with Crippen molar-refractivity contribution in [2.75, 3.05) is 26.4 Å². The highest BCUT2D eigenvalue weighted by Gasteiger charge is 2.19. The van der Waals surface area contributed by atoms with Gasteiger partial charge in [0.25, 0.3) is 0 Å². The molecule has 4 aromatic rings. The van der Waals surface area contributed by atoms with Crippen LogP contribution in [-0.4, -0.2) is 49.3 Å². The molecule has 5 rings (SSSR count). The molecular formula is C28H31N3O2S. The Bertz CT molecular complexity index is 1440. The molecule has 1 aromatic heterocycles. The van der Waals surface area contributed by atoms with Crippen molar-refractivity contribution in [2.45, 2.75) is 30.6 Å². The summed E-state index contributed by atoms with van der Waals surface area (Å²) in [6, 6.07) is 20.4. The molecule has 0 saturated carbocycles. The summed E-state index contributed by atoms with van der Waals surface area (Å²) in [6.07, 6.45) is 3.68. The summed E-state index contributed by atoms with van der Waals surface area (Å²) >= 11 is 0. The standard InChI is InChI=1S/C28H31N3O2S/c1-19-17-24(21-7-5-20(6-8-21)22-13-15-30(2)16-14-22)18-26-27(19)29-28(31(26)3)23-9-11-25(12-10-23)34(4,32)33/h5-12,17-18,22H,13-16H2,1-4H3. The van der Waals surface area contributed by atoms with Gasteiger partial charge in [0.1, 0.15) is 5.82 Å². The maximum atomic E-state index is 11.8. The lowest BCUT2D eigenvalue weighted by Crippen LogP contribution is -2.29. The first-order chi connectivity index (χ1) is 16.2. The van der Waals surface area contributed by atoms with E-state index in [0.29, 0.717) is 10.8 Å². The van der Waals surface area contributed by atoms with Crippen molar-refractivity contribution in [1.82, 2.24) is 14.5 Å². The predicted octanol–water partition coefficient (Wildman–Crippen LogP) is 5.43. The van der Waals surface area contributed by atoms with Gasteiger partial charge in [0, 0.05) is 18.9 Å². The molecule has 0 spiro atoms. The zero-order chi connectivity index (χ0) is 24.0. The van der Waals surface area contributed by atoms with E-state index in [1.54, 1.807) is 12.1 Å². The van der Waals surface area contributed by atoms with Crippen LogP contribution in [-0.2, 0) is 16.9 Å². The largest absolute Gasteiger partial charge is 0.327 e. The van der Waals surface area contributed by atoms with Crippen molar-refractivity contribution in [3.05, 3.63) is 71.8 Å². The van der Waals surface area contributed by atoms with Gasteiger partial charge >= 0.3 is 0 Å². The summed E-state index contributed by atoms with van der Waals surface area (Å²) in [7, 11) is 0.994. The van der Waals surface area contributed by atoms with Crippen molar-refractivity contribution in [3.8, 4) is 22.5 Å². The minimum absolute atomic E-state index is 0.317. The number of rotatable bonds is 4. The maximum absolute atomic E-state index is 11.8. The first-order valence-corrected chi connectivity index (χ1v) is 13.7. The summed E-state index contributed by atoms with van der Waals surface area (Å²) in [5.41, 5.74) is 7.89. The number of sulfone groups is 1. The molecule has 34 heavy (non-hydrogen) atoms. The number of nitrogens with zero attached hydrogens (tertiary/aromatic N) is 3. The molecule has 6 heteroatoms. The lowest BCUT2D eigenvalue weighted by molar-refractivity contribution is 0.255. The van der Waals surface area contributed by atoms with Crippen LogP contribution in [0.15, 0.2) is 65.6 Å². The second-order valence-corrected chi connectivity index (χ2v) is 11.7. The van der Waals surface area contributed by atoms with Crippen LogP contribution in [0, 0.1) is 6.92 Å². The second-order valence-electron chi connectivity index (χ2n) is 9.65. The molecule has 0 unspecified atom stereocenters. The minimum atomic E-state index is -3.22. The fourth-order valence-electron chi connectivity index (χ4n) is 5.02. The molecule has 176 valence electrons. The van der Waals surface area contributed by atoms with Gasteiger partial charge in [-0.3, -0.25) is 0 Å². The monoisotopic (exact) mass is 473 g/mol. The third-order valence-corrected chi connectivity index (χ3v) is 8.28. The van der Waals surface area contributed by atoms with Crippen LogP contribution in [0.5, 0.6) is 0 Å². The highest BCUT2D eigenvalue weighted by Crippen LogP contribution is 2.33. The smallest absolute Gasteiger partial charge is 0.175 e. The Hall–Kier alpha value is -2.96. The first kappa shape index (κ1) is 22.8. The highest BCUT2D eigenvalue weighted by molar-refractivity contribution is 7.90. The van der Waals surface area contributed by atoms with Crippen LogP contribution in [0.4, 0.5) is 0 Å². The lowest BCUT2D eigenvalue weighted by atomic mass is 9.88. The van der Waals surface area contributed by atoms with Crippen LogP contribution >= 0.6 is 0 Å². The molecule has 0 N–H and O–H groups in total. The minimum Gasteiger partial charge on any atom is -0.327 e. The van der Waals surface area contributed by atoms with Crippen LogP contribution in [0.3, 0.4) is 0 Å². The van der Waals surface area contributed by atoms with E-state index >= 15 is 0 Å². The SMILES string of the molecule is Cc1cc(-c2ccc(C3CCN(C)CC3)cc2)cc2c1nc(-c1ccc(S(C)(=O)=O)cc1)n2C. The van der Waals surface area contributed by atoms with E-state index in [1.165, 1.54) is 48.9 Å². The number of hydrogen-bond acceptors (Lipinski definition) is 4. The highest BCUT2D eigenvalue weighted by atomic mass is 32.2. The number of fused-ring (bicyclic) bond motifs is 1. The normalized spacial score (nSPS) is 15.8. The number of aromatic nitrogens is 2. The number of imidazole rings is 1. The Morgan fingerprint density at radius 3 is 2.09 bits per heavy atom. The Balaban J connectivity index is 1.48. The molecule has 1 saturated heterocycles. The van der Waals surface area contributed by atoms with Gasteiger partial charge in [0.05, 0.1) is 15.9 Å². The number of piperidine rings is 1. The number of benzene rings is 3. The van der Waals surface area contributed by atoms with Crippen molar-refractivity contribution >= 4 is 20.9 Å². The van der Waals surface area contributed by atoms with Crippen molar-refractivity contribution in [1.29, 1.82) is 0 Å². The third kappa shape index (κ3) is 4.28. The third-order valence-electron chi connectivity index (χ3n) is 7.15. The van der Waals surface area contributed by atoms with Gasteiger partial charge in [0.15, 0.2) is 9.84 Å². The topological polar surface area (TPSA) is 55.2 Å². The molecule has 2 heterocycles. The number of likely N-dealkylation sites (tertiary alicyclic amines) is 1. The molecule has 0 radical (unpaired) electrons. The van der Waals surface area contributed by atoms with E-state index in [-0.39, 0.29) is 0 Å². The Morgan fingerprint density at radius 1 is 0.853 bits per heavy atom. The van der Waals surface area contributed by atoms with Gasteiger partial charge in [-0.15, -0.1) is 0 Å². The molecule has 0 bridgehead atoms. The molecule has 0 atom stereocenters. The zero-order valence-electron chi connectivity index (χ0n) is 20.2. The quantitative estimate of drug-likeness (QED) is 0.397. The summed E-state index contributed by atoms with van der Waals surface area (Å²) in [5, 5.41) is 0. The molecule has 5 nitrogen and oxygen atoms in total.